The quantitative estimate of drug-likeness (QED) is 0.330. The van der Waals surface area contributed by atoms with E-state index in [1.165, 1.54) is 37.0 Å². The molecule has 2 saturated carbocycles. The maximum absolute atomic E-state index is 13.3. The fourth-order valence-corrected chi connectivity index (χ4v) is 6.85. The summed E-state index contributed by atoms with van der Waals surface area (Å²) in [4.78, 5) is 51.4. The summed E-state index contributed by atoms with van der Waals surface area (Å²) in [6.45, 7) is 1.42. The van der Waals surface area contributed by atoms with E-state index < -0.39 is 11.9 Å². The highest BCUT2D eigenvalue weighted by molar-refractivity contribution is 6.27. The number of carbonyl (C=O) groups is 4. The molecule has 200 valence electrons. The third-order valence-corrected chi connectivity index (χ3v) is 9.10. The van der Waals surface area contributed by atoms with Crippen LogP contribution in [0.4, 0.5) is 5.69 Å². The van der Waals surface area contributed by atoms with Gasteiger partial charge in [-0.1, -0.05) is 31.0 Å². The summed E-state index contributed by atoms with van der Waals surface area (Å²) in [7, 11) is 0. The van der Waals surface area contributed by atoms with E-state index in [0.29, 0.717) is 42.1 Å². The first kappa shape index (κ1) is 25.0. The average Bonchev–Trinajstić information content (AvgIpc) is 3.13. The van der Waals surface area contributed by atoms with Crippen LogP contribution in [0.25, 0.3) is 10.8 Å². The van der Waals surface area contributed by atoms with Crippen molar-refractivity contribution in [1.29, 1.82) is 0 Å². The summed E-state index contributed by atoms with van der Waals surface area (Å²) in [6, 6.07) is 9.33. The molecule has 6 rings (SSSR count). The Morgan fingerprint density at radius 3 is 2.66 bits per heavy atom. The molecule has 0 aromatic heterocycles. The van der Waals surface area contributed by atoms with Gasteiger partial charge >= 0.3 is 0 Å². The van der Waals surface area contributed by atoms with Gasteiger partial charge in [0.25, 0.3) is 5.91 Å². The average molecular weight is 517 g/mol. The van der Waals surface area contributed by atoms with Gasteiger partial charge in [0.2, 0.25) is 17.7 Å². The van der Waals surface area contributed by atoms with Crippen molar-refractivity contribution in [2.75, 3.05) is 11.4 Å². The van der Waals surface area contributed by atoms with Crippen LogP contribution in [0.1, 0.15) is 86.6 Å². The molecule has 38 heavy (non-hydrogen) atoms. The Hall–Kier alpha value is -3.26. The molecule has 1 atom stereocenters. The molecule has 2 heterocycles. The molecule has 0 radical (unpaired) electrons. The summed E-state index contributed by atoms with van der Waals surface area (Å²) in [6.07, 6.45) is 11.0. The van der Waals surface area contributed by atoms with E-state index in [2.05, 4.69) is 16.0 Å². The summed E-state index contributed by atoms with van der Waals surface area (Å²) in [5, 5.41) is 10.8. The first-order valence-corrected chi connectivity index (χ1v) is 14.2. The van der Waals surface area contributed by atoms with E-state index in [4.69, 9.17) is 0 Å². The van der Waals surface area contributed by atoms with E-state index in [0.717, 1.165) is 42.1 Å². The lowest BCUT2D eigenvalue weighted by atomic mass is 9.54. The normalized spacial score (nSPS) is 21.9. The first-order valence-electron chi connectivity index (χ1n) is 14.2. The molecule has 2 aromatic rings. The number of piperidine rings is 1. The summed E-state index contributed by atoms with van der Waals surface area (Å²) < 4.78 is 0. The van der Waals surface area contributed by atoms with Crippen molar-refractivity contribution in [3.8, 4) is 0 Å². The van der Waals surface area contributed by atoms with Crippen LogP contribution in [-0.2, 0) is 20.9 Å². The monoisotopic (exact) mass is 516 g/mol. The van der Waals surface area contributed by atoms with Gasteiger partial charge in [0.05, 0.1) is 5.69 Å². The predicted octanol–water partition coefficient (Wildman–Crippen LogP) is 3.70. The van der Waals surface area contributed by atoms with E-state index in [-0.39, 0.29) is 24.1 Å². The maximum Gasteiger partial charge on any atom is 0.259 e. The van der Waals surface area contributed by atoms with Gasteiger partial charge in [-0.2, -0.15) is 0 Å². The minimum atomic E-state index is -0.704. The van der Waals surface area contributed by atoms with Gasteiger partial charge in [-0.15, -0.1) is 0 Å². The molecule has 4 aliphatic rings. The van der Waals surface area contributed by atoms with E-state index in [9.17, 15) is 19.2 Å². The number of carbonyl (C=O) groups excluding carboxylic acids is 4. The Morgan fingerprint density at radius 1 is 1.05 bits per heavy atom. The Balaban J connectivity index is 1.00. The van der Waals surface area contributed by atoms with E-state index in [1.807, 2.05) is 24.3 Å². The van der Waals surface area contributed by atoms with Gasteiger partial charge in [-0.3, -0.25) is 29.4 Å². The molecule has 1 saturated heterocycles. The lowest BCUT2D eigenvalue weighted by Crippen LogP contribution is -2.53. The zero-order valence-corrected chi connectivity index (χ0v) is 21.8. The number of unbranched alkanes of at least 4 members (excludes halogenated alkanes) is 2. The molecule has 0 bridgehead atoms. The first-order chi connectivity index (χ1) is 18.4. The predicted molar refractivity (Wildman–Crippen MR) is 145 cm³/mol. The smallest absolute Gasteiger partial charge is 0.259 e. The second kappa shape index (κ2) is 10.1. The molecular weight excluding hydrogens is 480 g/mol. The number of anilines is 1. The lowest BCUT2D eigenvalue weighted by molar-refractivity contribution is -0.134. The zero-order valence-electron chi connectivity index (χ0n) is 21.8. The molecule has 2 aliphatic carbocycles. The molecule has 3 fully saturated rings. The van der Waals surface area contributed by atoms with Crippen LogP contribution >= 0.6 is 0 Å². The van der Waals surface area contributed by atoms with Crippen LogP contribution in [-0.4, -0.2) is 42.3 Å². The maximum atomic E-state index is 13.3. The number of amides is 4. The Kier molecular flexibility index (Phi) is 6.68. The highest BCUT2D eigenvalue weighted by Crippen LogP contribution is 2.55. The third kappa shape index (κ3) is 4.59. The largest absolute Gasteiger partial charge is 0.352 e. The topological polar surface area (TPSA) is 108 Å². The highest BCUT2D eigenvalue weighted by atomic mass is 16.2. The van der Waals surface area contributed by atoms with Gasteiger partial charge < -0.3 is 10.6 Å². The molecule has 2 aliphatic heterocycles. The van der Waals surface area contributed by atoms with Crippen LogP contribution in [0.5, 0.6) is 0 Å². The van der Waals surface area contributed by atoms with Gasteiger partial charge in [0.15, 0.2) is 0 Å². The lowest BCUT2D eigenvalue weighted by Gasteiger charge is -2.54. The van der Waals surface area contributed by atoms with Crippen molar-refractivity contribution >= 4 is 40.1 Å². The summed E-state index contributed by atoms with van der Waals surface area (Å²) in [5.74, 6) is -0.935. The number of benzene rings is 2. The van der Waals surface area contributed by atoms with Crippen LogP contribution in [0.15, 0.2) is 30.3 Å². The molecule has 1 spiro atoms. The molecule has 8 heteroatoms. The molecule has 4 amide bonds. The van der Waals surface area contributed by atoms with Crippen LogP contribution in [0.3, 0.4) is 0 Å². The Bertz CT molecular complexity index is 1290. The number of hydrogen-bond acceptors (Lipinski definition) is 5. The second-order valence-corrected chi connectivity index (χ2v) is 11.6. The zero-order chi connectivity index (χ0) is 26.3. The number of imide groups is 1. The van der Waals surface area contributed by atoms with Crippen molar-refractivity contribution in [1.82, 2.24) is 16.0 Å². The Labute approximate surface area is 222 Å². The SMILES string of the molecule is O=C(CCCCCNC1CC2(CCC2)C1)NCc1ccc2c3c(cccc13)C(=O)N2C1CCC(=O)NC1=O. The number of hydrogen-bond donors (Lipinski definition) is 3. The fraction of sp³-hybridized carbons (Fsp3) is 0.533. The molecule has 3 N–H and O–H groups in total. The van der Waals surface area contributed by atoms with Crippen LogP contribution in [0.2, 0.25) is 0 Å². The van der Waals surface area contributed by atoms with Crippen molar-refractivity contribution in [2.45, 2.75) is 89.3 Å². The third-order valence-electron chi connectivity index (χ3n) is 9.10. The van der Waals surface area contributed by atoms with Crippen molar-refractivity contribution in [3.05, 3.63) is 41.5 Å². The summed E-state index contributed by atoms with van der Waals surface area (Å²) >= 11 is 0. The fourth-order valence-electron chi connectivity index (χ4n) is 6.85. The second-order valence-electron chi connectivity index (χ2n) is 11.6. The van der Waals surface area contributed by atoms with Gasteiger partial charge in [-0.25, -0.2) is 0 Å². The van der Waals surface area contributed by atoms with Crippen molar-refractivity contribution < 1.29 is 19.2 Å². The van der Waals surface area contributed by atoms with Gasteiger partial charge in [0, 0.05) is 36.4 Å². The highest BCUT2D eigenvalue weighted by Gasteiger charge is 2.47. The van der Waals surface area contributed by atoms with Gasteiger partial charge in [-0.05, 0) is 80.0 Å². The van der Waals surface area contributed by atoms with Crippen molar-refractivity contribution in [3.63, 3.8) is 0 Å². The minimum Gasteiger partial charge on any atom is -0.352 e. The number of nitrogens with one attached hydrogen (secondary N) is 3. The molecular formula is C30H36N4O4. The summed E-state index contributed by atoms with van der Waals surface area (Å²) in [5.41, 5.74) is 2.88. The minimum absolute atomic E-state index is 0.0355. The molecule has 2 aromatic carbocycles. The van der Waals surface area contributed by atoms with E-state index in [1.54, 1.807) is 6.07 Å². The number of nitrogens with zero attached hydrogens (tertiary/aromatic N) is 1. The Morgan fingerprint density at radius 2 is 1.89 bits per heavy atom. The molecule has 1 unspecified atom stereocenters. The number of rotatable bonds is 10. The standard InChI is InChI=1S/C30H36N4O4/c35-25(8-2-1-3-15-31-20-16-30(17-20)13-5-14-30)32-18-19-9-10-23-27-21(19)6-4-7-22(27)29(38)34(23)24-11-12-26(36)33-28(24)37/h4,6-7,9-10,20,24,31H,1-3,5,8,11-18H2,(H,32,35)(H,33,36,37). The van der Waals surface area contributed by atoms with Crippen LogP contribution in [0, 0.1) is 5.41 Å². The molecule has 8 nitrogen and oxygen atoms in total. The van der Waals surface area contributed by atoms with Crippen LogP contribution < -0.4 is 20.9 Å². The van der Waals surface area contributed by atoms with Gasteiger partial charge in [0.1, 0.15) is 6.04 Å². The van der Waals surface area contributed by atoms with Crippen molar-refractivity contribution in [2.24, 2.45) is 5.41 Å². The van der Waals surface area contributed by atoms with E-state index >= 15 is 0 Å².